The molecule has 2 heteroatoms. The molecule has 1 saturated carbocycles. The predicted octanol–water partition coefficient (Wildman–Crippen LogP) is 1.84. The Balaban J connectivity index is 2.13. The Morgan fingerprint density at radius 1 is 1.27 bits per heavy atom. The Hall–Kier alpha value is -0.550. The van der Waals surface area contributed by atoms with E-state index in [1.54, 1.807) is 0 Å². The van der Waals surface area contributed by atoms with Crippen LogP contribution in [-0.4, -0.2) is 11.2 Å². The van der Waals surface area contributed by atoms with Crippen molar-refractivity contribution in [3.05, 3.63) is 0 Å². The fourth-order valence-corrected chi connectivity index (χ4v) is 1.70. The largest absolute Gasteiger partial charge is 0.393 e. The average Bonchev–Trinajstić information content (AvgIpc) is 2.04. The van der Waals surface area contributed by atoms with Crippen LogP contribution in [0.15, 0.2) is 0 Å². The van der Waals surface area contributed by atoms with Gasteiger partial charge in [-0.05, 0) is 38.0 Å². The van der Waals surface area contributed by atoms with E-state index in [9.17, 15) is 5.11 Å². The van der Waals surface area contributed by atoms with Gasteiger partial charge in [0.2, 0.25) is 0 Å². The predicted molar refractivity (Wildman–Crippen MR) is 42.8 cm³/mol. The first-order chi connectivity index (χ1) is 5.33. The molecule has 0 aliphatic heterocycles. The van der Waals surface area contributed by atoms with E-state index in [1.165, 1.54) is 0 Å². The van der Waals surface area contributed by atoms with E-state index in [0.29, 0.717) is 12.3 Å². The summed E-state index contributed by atoms with van der Waals surface area (Å²) in [5, 5.41) is 17.5. The van der Waals surface area contributed by atoms with Crippen molar-refractivity contribution < 1.29 is 5.11 Å². The second-order valence-electron chi connectivity index (χ2n) is 3.37. The lowest BCUT2D eigenvalue weighted by molar-refractivity contribution is 0.107. The molecule has 0 atom stereocenters. The molecule has 0 bridgehead atoms. The fourth-order valence-electron chi connectivity index (χ4n) is 1.70. The minimum atomic E-state index is -0.0617. The molecule has 0 aromatic carbocycles. The summed E-state index contributed by atoms with van der Waals surface area (Å²) in [4.78, 5) is 0. The molecule has 62 valence electrons. The Morgan fingerprint density at radius 3 is 2.45 bits per heavy atom. The first-order valence-electron chi connectivity index (χ1n) is 4.38. The normalized spacial score (nSPS) is 31.3. The van der Waals surface area contributed by atoms with E-state index < -0.39 is 0 Å². The van der Waals surface area contributed by atoms with Crippen LogP contribution in [-0.2, 0) is 0 Å². The summed E-state index contributed by atoms with van der Waals surface area (Å²) >= 11 is 0. The van der Waals surface area contributed by atoms with Gasteiger partial charge < -0.3 is 5.11 Å². The van der Waals surface area contributed by atoms with Crippen molar-refractivity contribution >= 4 is 0 Å². The number of rotatable bonds is 2. The van der Waals surface area contributed by atoms with E-state index in [-0.39, 0.29) is 6.10 Å². The van der Waals surface area contributed by atoms with Crippen LogP contribution in [0.5, 0.6) is 0 Å². The molecule has 1 aliphatic carbocycles. The smallest absolute Gasteiger partial charge is 0.0621 e. The highest BCUT2D eigenvalue weighted by atomic mass is 16.3. The molecule has 0 amide bonds. The topological polar surface area (TPSA) is 44.0 Å². The molecule has 2 nitrogen and oxygen atoms in total. The van der Waals surface area contributed by atoms with Gasteiger partial charge in [0.1, 0.15) is 0 Å². The van der Waals surface area contributed by atoms with Crippen molar-refractivity contribution in [2.75, 3.05) is 0 Å². The summed E-state index contributed by atoms with van der Waals surface area (Å²) in [5.74, 6) is 0.707. The minimum absolute atomic E-state index is 0.0617. The summed E-state index contributed by atoms with van der Waals surface area (Å²) < 4.78 is 0. The van der Waals surface area contributed by atoms with Gasteiger partial charge >= 0.3 is 0 Å². The molecular weight excluding hydrogens is 138 g/mol. The van der Waals surface area contributed by atoms with Gasteiger partial charge in [-0.25, -0.2) is 0 Å². The number of hydrogen-bond acceptors (Lipinski definition) is 2. The van der Waals surface area contributed by atoms with Gasteiger partial charge in [0, 0.05) is 6.42 Å². The number of hydrogen-bond donors (Lipinski definition) is 1. The second kappa shape index (κ2) is 4.35. The maximum absolute atomic E-state index is 9.19. The Bertz CT molecular complexity index is 142. The first kappa shape index (κ1) is 8.55. The van der Waals surface area contributed by atoms with Gasteiger partial charge in [-0.15, -0.1) is 0 Å². The lowest BCUT2D eigenvalue weighted by Gasteiger charge is -2.24. The minimum Gasteiger partial charge on any atom is -0.393 e. The molecule has 0 spiro atoms. The third kappa shape index (κ3) is 2.90. The highest BCUT2D eigenvalue weighted by molar-refractivity contribution is 4.76. The number of aliphatic hydroxyl groups excluding tert-OH is 1. The van der Waals surface area contributed by atoms with Gasteiger partial charge in [-0.3, -0.25) is 0 Å². The van der Waals surface area contributed by atoms with Gasteiger partial charge in [0.15, 0.2) is 0 Å². The molecule has 11 heavy (non-hydrogen) atoms. The highest BCUT2D eigenvalue weighted by Crippen LogP contribution is 2.27. The Morgan fingerprint density at radius 2 is 1.91 bits per heavy atom. The van der Waals surface area contributed by atoms with Crippen molar-refractivity contribution in [3.63, 3.8) is 0 Å². The van der Waals surface area contributed by atoms with Crippen LogP contribution in [0.4, 0.5) is 0 Å². The van der Waals surface area contributed by atoms with E-state index in [1.807, 2.05) is 0 Å². The van der Waals surface area contributed by atoms with Crippen molar-refractivity contribution in [1.82, 2.24) is 0 Å². The van der Waals surface area contributed by atoms with E-state index in [0.717, 1.165) is 32.1 Å². The van der Waals surface area contributed by atoms with Gasteiger partial charge in [0.25, 0.3) is 0 Å². The maximum Gasteiger partial charge on any atom is 0.0621 e. The van der Waals surface area contributed by atoms with Gasteiger partial charge in [-0.1, -0.05) is 0 Å². The van der Waals surface area contributed by atoms with Crippen LogP contribution in [0.25, 0.3) is 0 Å². The van der Waals surface area contributed by atoms with Crippen molar-refractivity contribution in [1.29, 1.82) is 5.26 Å². The lowest BCUT2D eigenvalue weighted by Crippen LogP contribution is -2.17. The summed E-state index contributed by atoms with van der Waals surface area (Å²) in [6, 6.07) is 2.16. The monoisotopic (exact) mass is 153 g/mol. The molecule has 0 saturated heterocycles. The van der Waals surface area contributed by atoms with Crippen LogP contribution >= 0.6 is 0 Å². The zero-order valence-corrected chi connectivity index (χ0v) is 6.79. The zero-order valence-electron chi connectivity index (χ0n) is 6.79. The van der Waals surface area contributed by atoms with Gasteiger partial charge in [-0.2, -0.15) is 5.26 Å². The number of aliphatic hydroxyl groups is 1. The molecular formula is C9H15NO. The van der Waals surface area contributed by atoms with Crippen LogP contribution in [0.2, 0.25) is 0 Å². The second-order valence-corrected chi connectivity index (χ2v) is 3.37. The SMILES string of the molecule is N#CCCC1CCC(O)CC1. The van der Waals surface area contributed by atoms with Crippen LogP contribution in [0.1, 0.15) is 38.5 Å². The molecule has 1 aliphatic rings. The third-order valence-electron chi connectivity index (χ3n) is 2.48. The molecule has 1 fully saturated rings. The molecule has 0 aromatic rings. The average molecular weight is 153 g/mol. The summed E-state index contributed by atoms with van der Waals surface area (Å²) in [6.45, 7) is 0. The van der Waals surface area contributed by atoms with E-state index in [4.69, 9.17) is 5.26 Å². The number of nitrogens with zero attached hydrogens (tertiary/aromatic N) is 1. The molecule has 1 N–H and O–H groups in total. The molecule has 0 aromatic heterocycles. The molecule has 0 radical (unpaired) electrons. The van der Waals surface area contributed by atoms with E-state index >= 15 is 0 Å². The molecule has 0 heterocycles. The quantitative estimate of drug-likeness (QED) is 0.657. The summed E-state index contributed by atoms with van der Waals surface area (Å²) in [6.07, 6.45) is 5.76. The van der Waals surface area contributed by atoms with E-state index in [2.05, 4.69) is 6.07 Å². The van der Waals surface area contributed by atoms with Crippen LogP contribution < -0.4 is 0 Å². The maximum atomic E-state index is 9.19. The summed E-state index contributed by atoms with van der Waals surface area (Å²) in [5.41, 5.74) is 0. The van der Waals surface area contributed by atoms with Crippen LogP contribution in [0, 0.1) is 17.2 Å². The lowest BCUT2D eigenvalue weighted by atomic mass is 9.85. The van der Waals surface area contributed by atoms with Crippen LogP contribution in [0.3, 0.4) is 0 Å². The van der Waals surface area contributed by atoms with Crippen molar-refractivity contribution in [3.8, 4) is 6.07 Å². The standard InChI is InChI=1S/C9H15NO/c10-7-1-2-8-3-5-9(11)6-4-8/h8-9,11H,1-6H2. The van der Waals surface area contributed by atoms with Gasteiger partial charge in [0.05, 0.1) is 12.2 Å². The Kier molecular flexibility index (Phi) is 3.38. The number of nitriles is 1. The zero-order chi connectivity index (χ0) is 8.10. The Labute approximate surface area is 67.8 Å². The van der Waals surface area contributed by atoms with Crippen molar-refractivity contribution in [2.45, 2.75) is 44.6 Å². The first-order valence-corrected chi connectivity index (χ1v) is 4.38. The van der Waals surface area contributed by atoms with Crippen molar-refractivity contribution in [2.24, 2.45) is 5.92 Å². The third-order valence-corrected chi connectivity index (χ3v) is 2.48. The molecule has 0 unspecified atom stereocenters. The highest BCUT2D eigenvalue weighted by Gasteiger charge is 2.18. The fraction of sp³-hybridized carbons (Fsp3) is 0.889. The molecule has 1 rings (SSSR count). The summed E-state index contributed by atoms with van der Waals surface area (Å²) in [7, 11) is 0.